The molecule has 0 amide bonds. The maximum atomic E-state index is 14.5. The van der Waals surface area contributed by atoms with Gasteiger partial charge < -0.3 is 20.3 Å². The number of nitrogens with one attached hydrogen (secondary N) is 2. The lowest BCUT2D eigenvalue weighted by Crippen LogP contribution is -2.38. The Bertz CT molecular complexity index is 871. The van der Waals surface area contributed by atoms with E-state index in [9.17, 15) is 17.6 Å². The van der Waals surface area contributed by atoms with Gasteiger partial charge in [-0.3, -0.25) is 4.99 Å². The van der Waals surface area contributed by atoms with E-state index in [4.69, 9.17) is 4.74 Å². The van der Waals surface area contributed by atoms with Crippen LogP contribution in [0.2, 0.25) is 0 Å². The molecule has 2 N–H and O–H groups in total. The van der Waals surface area contributed by atoms with E-state index in [1.807, 2.05) is 11.0 Å². The molecule has 1 aliphatic heterocycles. The third kappa shape index (κ3) is 7.45. The zero-order valence-corrected chi connectivity index (χ0v) is 20.0. The van der Waals surface area contributed by atoms with Gasteiger partial charge in [-0.25, -0.2) is 9.37 Å². The average Bonchev–Trinajstić information content (AvgIpc) is 3.21. The van der Waals surface area contributed by atoms with Crippen LogP contribution >= 0.6 is 35.3 Å². The number of benzene rings is 1. The monoisotopic (exact) mass is 573 g/mol. The Balaban J connectivity index is 0.00000341. The number of thiazole rings is 1. The fraction of sp³-hybridized carbons (Fsp3) is 0.474. The number of nitrogens with zero attached hydrogens (tertiary/aromatic N) is 3. The Hall–Kier alpha value is -1.67. The number of morpholine rings is 1. The van der Waals surface area contributed by atoms with Crippen molar-refractivity contribution in [3.63, 3.8) is 0 Å². The lowest BCUT2D eigenvalue weighted by molar-refractivity contribution is -0.140. The fourth-order valence-corrected chi connectivity index (χ4v) is 3.78. The lowest BCUT2D eigenvalue weighted by atomic mass is 10.1. The van der Waals surface area contributed by atoms with Gasteiger partial charge in [-0.1, -0.05) is 6.07 Å². The number of aromatic nitrogens is 1. The Morgan fingerprint density at radius 2 is 2.00 bits per heavy atom. The van der Waals surface area contributed by atoms with E-state index in [2.05, 4.69) is 20.6 Å². The number of halogens is 5. The normalized spacial score (nSPS) is 14.9. The summed E-state index contributed by atoms with van der Waals surface area (Å²) in [5.74, 6) is 0.184. The van der Waals surface area contributed by atoms with Gasteiger partial charge in [-0.2, -0.15) is 13.2 Å². The minimum absolute atomic E-state index is 0. The van der Waals surface area contributed by atoms with Crippen LogP contribution in [-0.4, -0.2) is 50.8 Å². The van der Waals surface area contributed by atoms with Gasteiger partial charge in [0.25, 0.3) is 0 Å². The van der Waals surface area contributed by atoms with Crippen molar-refractivity contribution >= 4 is 47.0 Å². The molecule has 1 saturated heterocycles. The molecule has 0 bridgehead atoms. The van der Waals surface area contributed by atoms with Crippen molar-refractivity contribution in [3.05, 3.63) is 45.7 Å². The predicted molar refractivity (Wildman–Crippen MR) is 124 cm³/mol. The van der Waals surface area contributed by atoms with E-state index in [1.54, 1.807) is 13.1 Å². The van der Waals surface area contributed by atoms with Crippen LogP contribution in [0.5, 0.6) is 0 Å². The van der Waals surface area contributed by atoms with Crippen LogP contribution in [0.15, 0.2) is 28.6 Å². The van der Waals surface area contributed by atoms with Crippen molar-refractivity contribution in [1.82, 2.24) is 15.6 Å². The van der Waals surface area contributed by atoms with E-state index < -0.39 is 11.9 Å². The number of guanidine groups is 1. The quantitative estimate of drug-likeness (QED) is 0.239. The van der Waals surface area contributed by atoms with E-state index in [0.717, 1.165) is 22.3 Å². The molecule has 172 valence electrons. The van der Waals surface area contributed by atoms with Gasteiger partial charge in [0.2, 0.25) is 0 Å². The maximum Gasteiger partial charge on any atom is 0.434 e. The number of anilines is 1. The zero-order chi connectivity index (χ0) is 21.6. The molecule has 1 fully saturated rings. The summed E-state index contributed by atoms with van der Waals surface area (Å²) in [6.45, 7) is 3.22. The first kappa shape index (κ1) is 25.6. The number of ether oxygens (including phenoxy) is 1. The van der Waals surface area contributed by atoms with Gasteiger partial charge in [0.15, 0.2) is 11.7 Å². The first-order valence-electron chi connectivity index (χ1n) is 9.44. The molecule has 1 aromatic heterocycles. The second-order valence-electron chi connectivity index (χ2n) is 6.61. The molecule has 12 heteroatoms. The van der Waals surface area contributed by atoms with E-state index in [1.165, 1.54) is 6.07 Å². The molecule has 2 aromatic rings. The first-order chi connectivity index (χ1) is 14.4. The number of hydrogen-bond acceptors (Lipinski definition) is 5. The SMILES string of the molecule is CN=C(NCCc1nc(C(F)(F)F)cs1)NCc1ccc(N2CCOCC2)c(F)c1.I. The molecule has 0 saturated carbocycles. The molecule has 2 heterocycles. The molecule has 1 aliphatic rings. The summed E-state index contributed by atoms with van der Waals surface area (Å²) in [6.07, 6.45) is -4.09. The Morgan fingerprint density at radius 3 is 2.61 bits per heavy atom. The highest BCUT2D eigenvalue weighted by molar-refractivity contribution is 14.0. The van der Waals surface area contributed by atoms with Crippen molar-refractivity contribution in [1.29, 1.82) is 0 Å². The van der Waals surface area contributed by atoms with Crippen molar-refractivity contribution < 1.29 is 22.3 Å². The van der Waals surface area contributed by atoms with E-state index in [-0.39, 0.29) is 29.8 Å². The molecular weight excluding hydrogens is 549 g/mol. The van der Waals surface area contributed by atoms with Crippen molar-refractivity contribution in [2.75, 3.05) is 44.8 Å². The molecule has 0 aliphatic carbocycles. The summed E-state index contributed by atoms with van der Waals surface area (Å²) in [5.41, 5.74) is 0.445. The number of alkyl halides is 3. The highest BCUT2D eigenvalue weighted by Gasteiger charge is 2.33. The number of hydrogen-bond donors (Lipinski definition) is 2. The smallest absolute Gasteiger partial charge is 0.378 e. The predicted octanol–water partition coefficient (Wildman–Crippen LogP) is 3.66. The zero-order valence-electron chi connectivity index (χ0n) is 16.8. The molecule has 0 radical (unpaired) electrons. The van der Waals surface area contributed by atoms with Crippen LogP contribution < -0.4 is 15.5 Å². The van der Waals surface area contributed by atoms with Crippen molar-refractivity contribution in [3.8, 4) is 0 Å². The minimum Gasteiger partial charge on any atom is -0.378 e. The topological polar surface area (TPSA) is 61.8 Å². The molecule has 31 heavy (non-hydrogen) atoms. The minimum atomic E-state index is -4.42. The Labute approximate surface area is 199 Å². The van der Waals surface area contributed by atoms with Crippen LogP contribution in [0.25, 0.3) is 0 Å². The molecule has 0 unspecified atom stereocenters. The summed E-state index contributed by atoms with van der Waals surface area (Å²) in [4.78, 5) is 9.63. The average molecular weight is 573 g/mol. The highest BCUT2D eigenvalue weighted by atomic mass is 127. The van der Waals surface area contributed by atoms with Crippen LogP contribution in [0.1, 0.15) is 16.3 Å². The van der Waals surface area contributed by atoms with E-state index in [0.29, 0.717) is 62.5 Å². The summed E-state index contributed by atoms with van der Waals surface area (Å²) >= 11 is 0.976. The lowest BCUT2D eigenvalue weighted by Gasteiger charge is -2.29. The van der Waals surface area contributed by atoms with Crippen LogP contribution in [0.3, 0.4) is 0 Å². The standard InChI is InChI=1S/C19H23F4N5OS.HI/c1-24-18(25-5-4-17-27-16(12-30-17)19(21,22)23)26-11-13-2-3-15(14(20)10-13)28-6-8-29-9-7-28;/h2-3,10,12H,4-9,11H2,1H3,(H2,24,25,26);1H. The second-order valence-corrected chi connectivity index (χ2v) is 7.55. The number of rotatable bonds is 6. The van der Waals surface area contributed by atoms with Crippen LogP contribution in [0, 0.1) is 5.82 Å². The molecular formula is C19H24F4IN5OS. The maximum absolute atomic E-state index is 14.5. The molecule has 0 atom stereocenters. The molecule has 1 aromatic carbocycles. The second kappa shape index (κ2) is 11.8. The van der Waals surface area contributed by atoms with Gasteiger partial charge >= 0.3 is 6.18 Å². The summed E-state index contributed by atoms with van der Waals surface area (Å²) in [6, 6.07) is 5.09. The summed E-state index contributed by atoms with van der Waals surface area (Å²) in [7, 11) is 1.59. The van der Waals surface area contributed by atoms with Crippen LogP contribution in [0.4, 0.5) is 23.2 Å². The third-order valence-corrected chi connectivity index (χ3v) is 5.43. The molecule has 6 nitrogen and oxygen atoms in total. The van der Waals surface area contributed by atoms with Crippen molar-refractivity contribution in [2.45, 2.75) is 19.1 Å². The summed E-state index contributed by atoms with van der Waals surface area (Å²) < 4.78 is 57.5. The number of aliphatic imine (C=N–C) groups is 1. The van der Waals surface area contributed by atoms with Gasteiger partial charge in [0.05, 0.1) is 23.9 Å². The fourth-order valence-electron chi connectivity index (χ4n) is 2.97. The highest BCUT2D eigenvalue weighted by Crippen LogP contribution is 2.30. The Kier molecular flexibility index (Phi) is 9.75. The van der Waals surface area contributed by atoms with Gasteiger partial charge in [-0.15, -0.1) is 35.3 Å². The first-order valence-corrected chi connectivity index (χ1v) is 10.3. The van der Waals surface area contributed by atoms with Gasteiger partial charge in [0, 0.05) is 45.0 Å². The molecule has 3 rings (SSSR count). The molecule has 0 spiro atoms. The summed E-state index contributed by atoms with van der Waals surface area (Å²) in [5, 5.41) is 7.50. The van der Waals surface area contributed by atoms with Gasteiger partial charge in [-0.05, 0) is 17.7 Å². The van der Waals surface area contributed by atoms with Gasteiger partial charge in [0.1, 0.15) is 5.82 Å². The Morgan fingerprint density at radius 1 is 1.26 bits per heavy atom. The third-order valence-electron chi connectivity index (χ3n) is 4.52. The van der Waals surface area contributed by atoms with E-state index >= 15 is 0 Å². The largest absolute Gasteiger partial charge is 0.434 e. The van der Waals surface area contributed by atoms with Crippen molar-refractivity contribution in [2.24, 2.45) is 4.99 Å². The van der Waals surface area contributed by atoms with Crippen LogP contribution in [-0.2, 0) is 23.9 Å².